The smallest absolute Gasteiger partial charge is 0.0686 e. The van der Waals surface area contributed by atoms with Gasteiger partial charge in [0.05, 0.1) is 5.70 Å². The molecule has 16 heavy (non-hydrogen) atoms. The molecule has 0 atom stereocenters. The summed E-state index contributed by atoms with van der Waals surface area (Å²) in [5.74, 6) is 0. The Morgan fingerprint density at radius 2 is 1.88 bits per heavy atom. The maximum absolute atomic E-state index is 4.57. The second kappa shape index (κ2) is 3.78. The molecule has 0 unspecified atom stereocenters. The molecule has 0 saturated heterocycles. The first-order valence-electron chi connectivity index (χ1n) is 5.60. The predicted molar refractivity (Wildman–Crippen MR) is 69.7 cm³/mol. The molecule has 1 aromatic rings. The summed E-state index contributed by atoms with van der Waals surface area (Å²) in [6.07, 6.45) is 2.15. The van der Waals surface area contributed by atoms with E-state index in [2.05, 4.69) is 56.7 Å². The van der Waals surface area contributed by atoms with Gasteiger partial charge in [-0.1, -0.05) is 0 Å². The Morgan fingerprint density at radius 3 is 2.31 bits per heavy atom. The van der Waals surface area contributed by atoms with Crippen molar-refractivity contribution in [3.05, 3.63) is 40.4 Å². The van der Waals surface area contributed by atoms with Crippen LogP contribution in [0.1, 0.15) is 37.7 Å². The first kappa shape index (κ1) is 10.9. The van der Waals surface area contributed by atoms with E-state index in [1.807, 2.05) is 0 Å². The molecule has 0 amide bonds. The van der Waals surface area contributed by atoms with Crippen molar-refractivity contribution in [2.24, 2.45) is 4.99 Å². The molecule has 2 heteroatoms. The monoisotopic (exact) mass is 214 g/mol. The SMILES string of the molecule is CC1=CC(=C(C)c2cc(C)c(C)[nH]2)N=C1C. The molecule has 1 aliphatic heterocycles. The first-order chi connectivity index (χ1) is 7.49. The summed E-state index contributed by atoms with van der Waals surface area (Å²) < 4.78 is 0. The van der Waals surface area contributed by atoms with Gasteiger partial charge in [0.1, 0.15) is 0 Å². The van der Waals surface area contributed by atoms with Crippen LogP contribution in [0.15, 0.2) is 28.4 Å². The lowest BCUT2D eigenvalue weighted by atomic mass is 10.1. The summed E-state index contributed by atoms with van der Waals surface area (Å²) in [7, 11) is 0. The van der Waals surface area contributed by atoms with Gasteiger partial charge in [-0.25, -0.2) is 0 Å². The standard InChI is InChI=1S/C14H18N2/c1-8-6-13(15-11(8)4)10(3)14-7-9(2)12(5)16-14/h6-7,15H,1-5H3. The Balaban J connectivity index is 2.47. The fourth-order valence-electron chi connectivity index (χ4n) is 1.80. The molecular weight excluding hydrogens is 196 g/mol. The van der Waals surface area contributed by atoms with Crippen LogP contribution in [-0.2, 0) is 0 Å². The van der Waals surface area contributed by atoms with E-state index in [-0.39, 0.29) is 0 Å². The topological polar surface area (TPSA) is 28.1 Å². The lowest BCUT2D eigenvalue weighted by Crippen LogP contribution is -1.85. The Labute approximate surface area is 96.8 Å². The zero-order valence-electron chi connectivity index (χ0n) is 10.6. The van der Waals surface area contributed by atoms with Crippen LogP contribution in [0.4, 0.5) is 0 Å². The van der Waals surface area contributed by atoms with Crippen molar-refractivity contribution in [3.8, 4) is 0 Å². The number of aryl methyl sites for hydroxylation is 2. The number of hydrogen-bond acceptors (Lipinski definition) is 1. The molecule has 0 spiro atoms. The molecule has 0 fully saturated rings. The molecule has 0 radical (unpaired) electrons. The molecular formula is C14H18N2. The fourth-order valence-corrected chi connectivity index (χ4v) is 1.80. The number of H-pyrrole nitrogens is 1. The Kier molecular flexibility index (Phi) is 2.58. The number of hydrogen-bond donors (Lipinski definition) is 1. The fraction of sp³-hybridized carbons (Fsp3) is 0.357. The molecule has 1 aliphatic rings. The van der Waals surface area contributed by atoms with E-state index in [0.717, 1.165) is 11.4 Å². The van der Waals surface area contributed by atoms with E-state index in [0.29, 0.717) is 0 Å². The molecule has 0 aliphatic carbocycles. The highest BCUT2D eigenvalue weighted by Gasteiger charge is 2.11. The van der Waals surface area contributed by atoms with Crippen LogP contribution in [0, 0.1) is 13.8 Å². The highest BCUT2D eigenvalue weighted by molar-refractivity contribution is 6.02. The Bertz CT molecular complexity index is 485. The van der Waals surface area contributed by atoms with Crippen molar-refractivity contribution in [2.45, 2.75) is 34.6 Å². The first-order valence-corrected chi connectivity index (χ1v) is 5.60. The molecule has 0 saturated carbocycles. The largest absolute Gasteiger partial charge is 0.359 e. The van der Waals surface area contributed by atoms with E-state index >= 15 is 0 Å². The van der Waals surface area contributed by atoms with Gasteiger partial charge in [-0.15, -0.1) is 0 Å². The average Bonchev–Trinajstić information content (AvgIpc) is 2.72. The number of rotatable bonds is 1. The molecule has 2 heterocycles. The van der Waals surface area contributed by atoms with Crippen molar-refractivity contribution in [3.63, 3.8) is 0 Å². The maximum Gasteiger partial charge on any atom is 0.0686 e. The van der Waals surface area contributed by atoms with Gasteiger partial charge < -0.3 is 4.98 Å². The highest BCUT2D eigenvalue weighted by atomic mass is 14.8. The van der Waals surface area contributed by atoms with Gasteiger partial charge in [-0.3, -0.25) is 4.99 Å². The minimum Gasteiger partial charge on any atom is -0.359 e. The summed E-state index contributed by atoms with van der Waals surface area (Å²) >= 11 is 0. The van der Waals surface area contributed by atoms with E-state index in [1.54, 1.807) is 0 Å². The number of nitrogens with zero attached hydrogens (tertiary/aromatic N) is 1. The third-order valence-corrected chi connectivity index (χ3v) is 3.27. The molecule has 2 nitrogen and oxygen atoms in total. The lowest BCUT2D eigenvalue weighted by Gasteiger charge is -1.99. The number of aromatic amines is 1. The number of nitrogens with one attached hydrogen (secondary N) is 1. The van der Waals surface area contributed by atoms with Crippen LogP contribution >= 0.6 is 0 Å². The average molecular weight is 214 g/mol. The lowest BCUT2D eigenvalue weighted by molar-refractivity contribution is 1.20. The normalized spacial score (nSPS) is 18.6. The zero-order valence-corrected chi connectivity index (χ0v) is 10.6. The summed E-state index contributed by atoms with van der Waals surface area (Å²) in [5.41, 5.74) is 8.38. The van der Waals surface area contributed by atoms with Crippen LogP contribution in [0.2, 0.25) is 0 Å². The van der Waals surface area contributed by atoms with Gasteiger partial charge in [0.15, 0.2) is 0 Å². The van der Waals surface area contributed by atoms with Crippen molar-refractivity contribution >= 4 is 11.3 Å². The van der Waals surface area contributed by atoms with Gasteiger partial charge in [0.2, 0.25) is 0 Å². The van der Waals surface area contributed by atoms with E-state index in [9.17, 15) is 0 Å². The van der Waals surface area contributed by atoms with Crippen LogP contribution < -0.4 is 0 Å². The van der Waals surface area contributed by atoms with Gasteiger partial charge in [0.25, 0.3) is 0 Å². The number of allylic oxidation sites excluding steroid dienone is 3. The minimum absolute atomic E-state index is 1.08. The van der Waals surface area contributed by atoms with E-state index in [1.165, 1.54) is 28.1 Å². The molecule has 2 rings (SSSR count). The van der Waals surface area contributed by atoms with Gasteiger partial charge in [-0.2, -0.15) is 0 Å². The summed E-state index contributed by atoms with van der Waals surface area (Å²) in [6, 6.07) is 2.18. The van der Waals surface area contributed by atoms with Crippen LogP contribution in [0.25, 0.3) is 5.57 Å². The molecule has 1 N–H and O–H groups in total. The molecule has 0 aromatic carbocycles. The third-order valence-electron chi connectivity index (χ3n) is 3.27. The molecule has 84 valence electrons. The maximum atomic E-state index is 4.57. The minimum atomic E-state index is 1.08. The second-order valence-electron chi connectivity index (χ2n) is 4.53. The van der Waals surface area contributed by atoms with Crippen molar-refractivity contribution in [1.82, 2.24) is 4.98 Å². The third kappa shape index (κ3) is 1.75. The number of aromatic nitrogens is 1. The second-order valence-corrected chi connectivity index (χ2v) is 4.53. The van der Waals surface area contributed by atoms with Crippen molar-refractivity contribution in [1.29, 1.82) is 0 Å². The van der Waals surface area contributed by atoms with Crippen LogP contribution in [0.3, 0.4) is 0 Å². The van der Waals surface area contributed by atoms with E-state index < -0.39 is 0 Å². The van der Waals surface area contributed by atoms with E-state index in [4.69, 9.17) is 0 Å². The predicted octanol–water partition coefficient (Wildman–Crippen LogP) is 3.78. The summed E-state index contributed by atoms with van der Waals surface area (Å²) in [4.78, 5) is 7.96. The van der Waals surface area contributed by atoms with Crippen LogP contribution in [-0.4, -0.2) is 10.7 Å². The Morgan fingerprint density at radius 1 is 1.19 bits per heavy atom. The van der Waals surface area contributed by atoms with Gasteiger partial charge >= 0.3 is 0 Å². The zero-order chi connectivity index (χ0) is 11.9. The van der Waals surface area contributed by atoms with Gasteiger partial charge in [-0.05, 0) is 63.5 Å². The quantitative estimate of drug-likeness (QED) is 0.737. The van der Waals surface area contributed by atoms with Crippen molar-refractivity contribution in [2.75, 3.05) is 0 Å². The van der Waals surface area contributed by atoms with Gasteiger partial charge in [0, 0.05) is 17.1 Å². The Hall–Kier alpha value is -1.57. The molecule has 0 bridgehead atoms. The van der Waals surface area contributed by atoms with Crippen LogP contribution in [0.5, 0.6) is 0 Å². The highest BCUT2D eigenvalue weighted by Crippen LogP contribution is 2.26. The van der Waals surface area contributed by atoms with Crippen molar-refractivity contribution < 1.29 is 0 Å². The molecule has 1 aromatic heterocycles. The number of aliphatic imine (C=N–C) groups is 1. The summed E-state index contributed by atoms with van der Waals surface area (Å²) in [5, 5.41) is 0. The summed E-state index contributed by atoms with van der Waals surface area (Å²) in [6.45, 7) is 10.5.